The Balaban J connectivity index is 1.79. The van der Waals surface area contributed by atoms with Gasteiger partial charge in [0.2, 0.25) is 0 Å². The summed E-state index contributed by atoms with van der Waals surface area (Å²) in [6.07, 6.45) is 5.95. The van der Waals surface area contributed by atoms with Crippen LogP contribution in [0.3, 0.4) is 0 Å². The summed E-state index contributed by atoms with van der Waals surface area (Å²) in [4.78, 5) is 2.54. The number of hydrogen-bond donors (Lipinski definition) is 1. The number of rotatable bonds is 4. The van der Waals surface area contributed by atoms with E-state index < -0.39 is 0 Å². The van der Waals surface area contributed by atoms with Crippen molar-refractivity contribution in [2.24, 2.45) is 5.73 Å². The zero-order valence-corrected chi connectivity index (χ0v) is 13.6. The third-order valence-corrected chi connectivity index (χ3v) is 4.67. The molecule has 1 saturated heterocycles. The Hall–Kier alpha value is -1.65. The number of nitrogens with two attached hydrogens (primary N) is 1. The Labute approximate surface area is 132 Å². The van der Waals surface area contributed by atoms with Gasteiger partial charge < -0.3 is 5.73 Å². The lowest BCUT2D eigenvalue weighted by atomic mass is 9.96. The number of benzene rings is 1. The minimum absolute atomic E-state index is 0.227. The number of para-hydroxylation sites is 1. The summed E-state index contributed by atoms with van der Waals surface area (Å²) in [7, 11) is 0. The summed E-state index contributed by atoms with van der Waals surface area (Å²) in [5.74, 6) is 0. The highest BCUT2D eigenvalue weighted by molar-refractivity contribution is 5.32. The normalized spacial score (nSPS) is 21.0. The molecule has 1 fully saturated rings. The molecule has 2 heterocycles. The first-order chi connectivity index (χ1) is 10.6. The lowest BCUT2D eigenvalue weighted by Gasteiger charge is -2.37. The average molecular weight is 298 g/mol. The predicted octanol–water partition coefficient (Wildman–Crippen LogP) is 2.88. The fourth-order valence-corrected chi connectivity index (χ4v) is 3.39. The molecule has 2 aromatic rings. The van der Waals surface area contributed by atoms with Crippen LogP contribution in [0.2, 0.25) is 0 Å². The zero-order valence-electron chi connectivity index (χ0n) is 13.6. The lowest BCUT2D eigenvalue weighted by Crippen LogP contribution is -2.48. The van der Waals surface area contributed by atoms with Crippen LogP contribution < -0.4 is 5.73 Å². The Morgan fingerprint density at radius 2 is 2.05 bits per heavy atom. The third-order valence-electron chi connectivity index (χ3n) is 4.67. The Bertz CT molecular complexity index is 603. The fraction of sp³-hybridized carbons (Fsp3) is 0.500. The smallest absolute Gasteiger partial charge is 0.0645 e. The molecule has 1 aliphatic heterocycles. The first kappa shape index (κ1) is 15.3. The average Bonchev–Trinajstić information content (AvgIpc) is 2.90. The maximum atomic E-state index is 6.18. The molecule has 118 valence electrons. The van der Waals surface area contributed by atoms with Gasteiger partial charge in [-0.3, -0.25) is 4.90 Å². The van der Waals surface area contributed by atoms with Gasteiger partial charge >= 0.3 is 0 Å². The molecule has 4 nitrogen and oxygen atoms in total. The maximum absolute atomic E-state index is 6.18. The van der Waals surface area contributed by atoms with Crippen molar-refractivity contribution in [3.63, 3.8) is 0 Å². The minimum atomic E-state index is 0.227. The quantitative estimate of drug-likeness (QED) is 0.944. The largest absolute Gasteiger partial charge is 0.327 e. The van der Waals surface area contributed by atoms with Gasteiger partial charge in [-0.15, -0.1) is 0 Å². The van der Waals surface area contributed by atoms with E-state index >= 15 is 0 Å². The van der Waals surface area contributed by atoms with Crippen LogP contribution in [-0.4, -0.2) is 33.3 Å². The minimum Gasteiger partial charge on any atom is -0.327 e. The molecule has 22 heavy (non-hydrogen) atoms. The second-order valence-electron chi connectivity index (χ2n) is 6.41. The van der Waals surface area contributed by atoms with Gasteiger partial charge in [-0.2, -0.15) is 5.10 Å². The first-order valence-electron chi connectivity index (χ1n) is 8.25. The Kier molecular flexibility index (Phi) is 4.60. The van der Waals surface area contributed by atoms with Crippen molar-refractivity contribution < 1.29 is 0 Å². The van der Waals surface area contributed by atoms with Crippen LogP contribution in [0.15, 0.2) is 36.5 Å². The van der Waals surface area contributed by atoms with E-state index in [0.29, 0.717) is 6.04 Å². The van der Waals surface area contributed by atoms with Crippen molar-refractivity contribution >= 4 is 0 Å². The third kappa shape index (κ3) is 3.23. The molecule has 2 atom stereocenters. The molecule has 0 amide bonds. The SMILES string of the molecule is Cc1nn(-c2ccccc2)cc1CN1CCCC[C@@H]1[C@H](C)N. The Morgan fingerprint density at radius 3 is 2.77 bits per heavy atom. The van der Waals surface area contributed by atoms with Crippen LogP contribution in [-0.2, 0) is 6.54 Å². The summed E-state index contributed by atoms with van der Waals surface area (Å²) in [5.41, 5.74) is 9.70. The van der Waals surface area contributed by atoms with Crippen LogP contribution in [0.1, 0.15) is 37.4 Å². The molecular formula is C18H26N4. The summed E-state index contributed by atoms with van der Waals surface area (Å²) < 4.78 is 1.98. The first-order valence-corrected chi connectivity index (χ1v) is 8.25. The highest BCUT2D eigenvalue weighted by Crippen LogP contribution is 2.23. The van der Waals surface area contributed by atoms with Crippen LogP contribution >= 0.6 is 0 Å². The van der Waals surface area contributed by atoms with Gasteiger partial charge in [-0.1, -0.05) is 24.6 Å². The van der Waals surface area contributed by atoms with E-state index in [4.69, 9.17) is 5.73 Å². The molecule has 0 spiro atoms. The predicted molar refractivity (Wildman–Crippen MR) is 90.0 cm³/mol. The number of nitrogens with zero attached hydrogens (tertiary/aromatic N) is 3. The van der Waals surface area contributed by atoms with E-state index in [1.54, 1.807) is 0 Å². The maximum Gasteiger partial charge on any atom is 0.0645 e. The standard InChI is InChI=1S/C18H26N4/c1-14(19)18-10-6-7-11-21(18)12-16-13-22(20-15(16)2)17-8-4-3-5-9-17/h3-5,8-9,13-14,18H,6-7,10-12,19H2,1-2H3/t14-,18+/m0/s1. The molecule has 0 saturated carbocycles. The van der Waals surface area contributed by atoms with Crippen molar-refractivity contribution in [3.8, 4) is 5.69 Å². The van der Waals surface area contributed by atoms with Crippen molar-refractivity contribution in [2.75, 3.05) is 6.54 Å². The van der Waals surface area contributed by atoms with Gasteiger partial charge in [0.1, 0.15) is 0 Å². The van der Waals surface area contributed by atoms with Crippen LogP contribution in [0.5, 0.6) is 0 Å². The van der Waals surface area contributed by atoms with E-state index in [0.717, 1.165) is 24.5 Å². The Morgan fingerprint density at radius 1 is 1.27 bits per heavy atom. The molecule has 1 aliphatic rings. The summed E-state index contributed by atoms with van der Waals surface area (Å²) >= 11 is 0. The van der Waals surface area contributed by atoms with Gasteiger partial charge in [0.25, 0.3) is 0 Å². The monoisotopic (exact) mass is 298 g/mol. The molecule has 3 rings (SSSR count). The van der Waals surface area contributed by atoms with E-state index in [-0.39, 0.29) is 6.04 Å². The van der Waals surface area contributed by atoms with Gasteiger partial charge in [-0.05, 0) is 45.4 Å². The van der Waals surface area contributed by atoms with E-state index in [1.165, 1.54) is 24.8 Å². The van der Waals surface area contributed by atoms with Crippen molar-refractivity contribution in [1.29, 1.82) is 0 Å². The highest BCUT2D eigenvalue weighted by atomic mass is 15.3. The van der Waals surface area contributed by atoms with Crippen molar-refractivity contribution in [2.45, 2.75) is 51.7 Å². The molecule has 1 aromatic carbocycles. The molecule has 0 bridgehead atoms. The summed E-state index contributed by atoms with van der Waals surface area (Å²) in [6, 6.07) is 11.0. The molecule has 0 unspecified atom stereocenters. The number of aromatic nitrogens is 2. The summed E-state index contributed by atoms with van der Waals surface area (Å²) in [6.45, 7) is 6.32. The van der Waals surface area contributed by atoms with E-state index in [9.17, 15) is 0 Å². The number of likely N-dealkylation sites (tertiary alicyclic amines) is 1. The fourth-order valence-electron chi connectivity index (χ4n) is 3.39. The second-order valence-corrected chi connectivity index (χ2v) is 6.41. The topological polar surface area (TPSA) is 47.1 Å². The number of piperidine rings is 1. The number of aryl methyl sites for hydroxylation is 1. The van der Waals surface area contributed by atoms with Gasteiger partial charge in [0.05, 0.1) is 11.4 Å². The molecule has 0 radical (unpaired) electrons. The van der Waals surface area contributed by atoms with Crippen LogP contribution in [0.4, 0.5) is 0 Å². The second kappa shape index (κ2) is 6.63. The molecule has 1 aromatic heterocycles. The van der Waals surface area contributed by atoms with Gasteiger partial charge in [0.15, 0.2) is 0 Å². The van der Waals surface area contributed by atoms with E-state index in [1.807, 2.05) is 22.9 Å². The molecular weight excluding hydrogens is 272 g/mol. The summed E-state index contributed by atoms with van der Waals surface area (Å²) in [5, 5.41) is 4.68. The zero-order chi connectivity index (χ0) is 15.5. The molecule has 2 N–H and O–H groups in total. The van der Waals surface area contributed by atoms with Gasteiger partial charge in [0, 0.05) is 30.4 Å². The highest BCUT2D eigenvalue weighted by Gasteiger charge is 2.26. The lowest BCUT2D eigenvalue weighted by molar-refractivity contribution is 0.123. The molecule has 0 aliphatic carbocycles. The van der Waals surface area contributed by atoms with Crippen molar-refractivity contribution in [3.05, 3.63) is 47.8 Å². The molecule has 4 heteroatoms. The van der Waals surface area contributed by atoms with Crippen molar-refractivity contribution in [1.82, 2.24) is 14.7 Å². The van der Waals surface area contributed by atoms with Crippen LogP contribution in [0, 0.1) is 6.92 Å². The van der Waals surface area contributed by atoms with E-state index in [2.05, 4.69) is 42.2 Å². The van der Waals surface area contributed by atoms with Crippen LogP contribution in [0.25, 0.3) is 5.69 Å². The van der Waals surface area contributed by atoms with Gasteiger partial charge in [-0.25, -0.2) is 4.68 Å². The number of hydrogen-bond acceptors (Lipinski definition) is 3.